The lowest BCUT2D eigenvalue weighted by Crippen LogP contribution is -2.62. The van der Waals surface area contributed by atoms with E-state index in [1.807, 2.05) is 13.8 Å². The molecule has 176 valence electrons. The van der Waals surface area contributed by atoms with Crippen molar-refractivity contribution in [3.8, 4) is 0 Å². The van der Waals surface area contributed by atoms with Gasteiger partial charge in [0.2, 0.25) is 0 Å². The number of nitrogens with one attached hydrogen (secondary N) is 1. The molecule has 4 heterocycles. The van der Waals surface area contributed by atoms with E-state index in [0.717, 1.165) is 37.0 Å². The first kappa shape index (κ1) is 20.1. The highest BCUT2D eigenvalue weighted by atomic mass is 16.8. The summed E-state index contributed by atoms with van der Waals surface area (Å²) in [6.07, 6.45) is 7.87. The molecule has 6 fully saturated rings. The van der Waals surface area contributed by atoms with Gasteiger partial charge in [-0.2, -0.15) is 0 Å². The highest BCUT2D eigenvalue weighted by Crippen LogP contribution is 2.56. The average molecular weight is 455 g/mol. The molecule has 8 rings (SSSR count). The second-order valence-corrected chi connectivity index (χ2v) is 11.3. The van der Waals surface area contributed by atoms with Gasteiger partial charge in [-0.15, -0.1) is 0 Å². The Balaban J connectivity index is 1.19. The molecule has 10 heteroatoms. The van der Waals surface area contributed by atoms with Crippen LogP contribution >= 0.6 is 0 Å². The summed E-state index contributed by atoms with van der Waals surface area (Å²) in [6.45, 7) is 3.73. The number of anilines is 1. The van der Waals surface area contributed by atoms with Crippen LogP contribution < -0.4 is 11.1 Å². The van der Waals surface area contributed by atoms with Crippen molar-refractivity contribution in [2.24, 2.45) is 17.8 Å². The van der Waals surface area contributed by atoms with Crippen LogP contribution in [0.5, 0.6) is 0 Å². The lowest BCUT2D eigenvalue weighted by molar-refractivity contribution is -0.198. The Bertz CT molecular complexity index is 1100. The van der Waals surface area contributed by atoms with E-state index in [-0.39, 0.29) is 11.4 Å². The summed E-state index contributed by atoms with van der Waals surface area (Å²) in [5, 5.41) is 3.45. The molecule has 0 aromatic carbocycles. The number of carbonyl (C=O) groups excluding carboxylic acids is 1. The third-order valence-electron chi connectivity index (χ3n) is 8.38. The second kappa shape index (κ2) is 6.64. The number of fused-ring (bicyclic) bond motifs is 2. The fraction of sp³-hybridized carbons (Fsp3) is 0.739. The monoisotopic (exact) mass is 454 g/mol. The van der Waals surface area contributed by atoms with Crippen LogP contribution in [0.25, 0.3) is 11.2 Å². The van der Waals surface area contributed by atoms with Gasteiger partial charge in [0.05, 0.1) is 6.33 Å². The van der Waals surface area contributed by atoms with Gasteiger partial charge in [0.1, 0.15) is 24.1 Å². The third-order valence-corrected chi connectivity index (χ3v) is 8.38. The molecule has 0 radical (unpaired) electrons. The van der Waals surface area contributed by atoms with Gasteiger partial charge in [0.15, 0.2) is 29.6 Å². The summed E-state index contributed by atoms with van der Waals surface area (Å²) < 4.78 is 20.5. The van der Waals surface area contributed by atoms with E-state index in [9.17, 15) is 4.79 Å². The number of carbonyl (C=O) groups is 1. The molecule has 2 saturated heterocycles. The molecule has 4 bridgehead atoms. The van der Waals surface area contributed by atoms with E-state index < -0.39 is 30.3 Å². The van der Waals surface area contributed by atoms with Gasteiger partial charge in [-0.3, -0.25) is 9.36 Å². The van der Waals surface area contributed by atoms with Crippen molar-refractivity contribution >= 4 is 22.9 Å². The molecule has 10 nitrogen and oxygen atoms in total. The molecule has 2 aromatic rings. The first-order valence-electron chi connectivity index (χ1n) is 12.1. The van der Waals surface area contributed by atoms with Crippen LogP contribution in [-0.4, -0.2) is 55.1 Å². The molecule has 6 aliphatic rings. The number of aromatic nitrogens is 4. The standard InChI is InChI=1S/C23H30N6O4/c1-22(2)32-15-16(20(30)28-23-6-11-3-12(7-23)5-13(4-11)8-23)31-21(17(15)33-22)29-10-27-14-18(24)25-9-26-19(14)29/h9-13,15-17,21H,3-8H2,1-2H3,(H,28,30)(H2,24,25,26)/t11?,12?,13?,15-,16+,17-,21-,23?/m1/s1. The maximum Gasteiger partial charge on any atom is 0.252 e. The lowest BCUT2D eigenvalue weighted by Gasteiger charge is -2.57. The summed E-state index contributed by atoms with van der Waals surface area (Å²) in [5.41, 5.74) is 6.92. The van der Waals surface area contributed by atoms with Crippen LogP contribution in [0.2, 0.25) is 0 Å². The molecule has 0 unspecified atom stereocenters. The molecule has 4 saturated carbocycles. The zero-order valence-corrected chi connectivity index (χ0v) is 18.9. The van der Waals surface area contributed by atoms with E-state index >= 15 is 0 Å². The smallest absolute Gasteiger partial charge is 0.252 e. The minimum absolute atomic E-state index is 0.0961. The Kier molecular flexibility index (Phi) is 4.05. The minimum atomic E-state index is -0.818. The van der Waals surface area contributed by atoms with E-state index in [1.54, 1.807) is 10.9 Å². The summed E-state index contributed by atoms with van der Waals surface area (Å²) >= 11 is 0. The molecule has 2 aliphatic heterocycles. The van der Waals surface area contributed by atoms with Crippen molar-refractivity contribution < 1.29 is 19.0 Å². The molecular formula is C23H30N6O4. The number of ether oxygens (including phenoxy) is 3. The Hall–Kier alpha value is -2.30. The maximum absolute atomic E-state index is 13.7. The molecule has 1 amide bonds. The van der Waals surface area contributed by atoms with Crippen molar-refractivity contribution in [2.45, 2.75) is 88.2 Å². The first-order chi connectivity index (χ1) is 15.8. The Labute approximate surface area is 191 Å². The molecule has 4 atom stereocenters. The number of nitrogens with two attached hydrogens (primary N) is 1. The fourth-order valence-corrected chi connectivity index (χ4v) is 7.66. The number of hydrogen-bond donors (Lipinski definition) is 2. The molecule has 0 spiro atoms. The number of nitrogens with zero attached hydrogens (tertiary/aromatic N) is 4. The highest BCUT2D eigenvalue weighted by molar-refractivity contribution is 5.83. The highest BCUT2D eigenvalue weighted by Gasteiger charge is 2.60. The van der Waals surface area contributed by atoms with Crippen molar-refractivity contribution in [2.75, 3.05) is 5.73 Å². The molecule has 33 heavy (non-hydrogen) atoms. The van der Waals surface area contributed by atoms with E-state index in [2.05, 4.69) is 20.3 Å². The number of imidazole rings is 1. The topological polar surface area (TPSA) is 126 Å². The zero-order valence-electron chi connectivity index (χ0n) is 18.9. The van der Waals surface area contributed by atoms with Gasteiger partial charge >= 0.3 is 0 Å². The number of hydrogen-bond acceptors (Lipinski definition) is 8. The predicted octanol–water partition coefficient (Wildman–Crippen LogP) is 1.91. The lowest BCUT2D eigenvalue weighted by atomic mass is 9.53. The van der Waals surface area contributed by atoms with Gasteiger partial charge in [0.25, 0.3) is 5.91 Å². The number of amides is 1. The van der Waals surface area contributed by atoms with E-state index in [0.29, 0.717) is 17.0 Å². The van der Waals surface area contributed by atoms with Gasteiger partial charge in [0, 0.05) is 5.54 Å². The number of rotatable bonds is 3. The summed E-state index contributed by atoms with van der Waals surface area (Å²) in [5.74, 6) is 1.61. The van der Waals surface area contributed by atoms with Crippen LogP contribution in [0.15, 0.2) is 12.7 Å². The quantitative estimate of drug-likeness (QED) is 0.720. The average Bonchev–Trinajstić information content (AvgIpc) is 3.37. The van der Waals surface area contributed by atoms with Crippen molar-refractivity contribution in [1.29, 1.82) is 0 Å². The van der Waals surface area contributed by atoms with Crippen LogP contribution in [0.1, 0.15) is 58.6 Å². The Morgan fingerprint density at radius 3 is 2.42 bits per heavy atom. The Morgan fingerprint density at radius 1 is 1.06 bits per heavy atom. The molecule has 3 N–H and O–H groups in total. The van der Waals surface area contributed by atoms with Crippen LogP contribution in [0.4, 0.5) is 5.82 Å². The van der Waals surface area contributed by atoms with Gasteiger partial charge in [-0.1, -0.05) is 0 Å². The maximum atomic E-state index is 13.7. The van der Waals surface area contributed by atoms with Crippen LogP contribution in [0.3, 0.4) is 0 Å². The molecule has 4 aliphatic carbocycles. The summed E-state index contributed by atoms with van der Waals surface area (Å²) in [4.78, 5) is 26.4. The van der Waals surface area contributed by atoms with Crippen LogP contribution in [0, 0.1) is 17.8 Å². The summed E-state index contributed by atoms with van der Waals surface area (Å²) in [7, 11) is 0. The fourth-order valence-electron chi connectivity index (χ4n) is 7.66. The third kappa shape index (κ3) is 3.03. The second-order valence-electron chi connectivity index (χ2n) is 11.3. The normalized spacial score (nSPS) is 42.7. The first-order valence-corrected chi connectivity index (χ1v) is 12.1. The Morgan fingerprint density at radius 2 is 1.73 bits per heavy atom. The van der Waals surface area contributed by atoms with E-state index in [1.165, 1.54) is 25.6 Å². The van der Waals surface area contributed by atoms with Gasteiger partial charge in [-0.25, -0.2) is 15.0 Å². The van der Waals surface area contributed by atoms with Crippen molar-refractivity contribution in [1.82, 2.24) is 24.8 Å². The predicted molar refractivity (Wildman–Crippen MR) is 117 cm³/mol. The molecular weight excluding hydrogens is 424 g/mol. The van der Waals surface area contributed by atoms with Crippen LogP contribution in [-0.2, 0) is 19.0 Å². The molecule has 2 aromatic heterocycles. The number of nitrogen functional groups attached to an aromatic ring is 1. The van der Waals surface area contributed by atoms with E-state index in [4.69, 9.17) is 19.9 Å². The largest absolute Gasteiger partial charge is 0.382 e. The SMILES string of the molecule is CC1(C)O[C@@H]2[C@H](O1)[C@@H](C(=O)NC13CC4CC(CC(C4)C1)C3)O[C@H]2n1cnc2c(N)ncnc21. The van der Waals surface area contributed by atoms with Crippen molar-refractivity contribution in [3.05, 3.63) is 12.7 Å². The minimum Gasteiger partial charge on any atom is -0.382 e. The summed E-state index contributed by atoms with van der Waals surface area (Å²) in [6, 6.07) is 0. The zero-order chi connectivity index (χ0) is 22.5. The van der Waals surface area contributed by atoms with Gasteiger partial charge in [-0.05, 0) is 70.1 Å². The van der Waals surface area contributed by atoms with Gasteiger partial charge < -0.3 is 25.3 Å². The van der Waals surface area contributed by atoms with Crippen molar-refractivity contribution in [3.63, 3.8) is 0 Å².